The number of nitrogens with zero attached hydrogens (tertiary/aromatic N) is 2. The molecule has 0 unspecified atom stereocenters. The molecule has 1 aromatic heterocycles. The van der Waals surface area contributed by atoms with Crippen molar-refractivity contribution in [3.63, 3.8) is 0 Å². The standard InChI is InChI=1S/C22H20ClN3O5S/c1-30-18-7-9-21(24-13-18)19-12-16(4-8-20(19)23)25-22(27)15-2-5-17(6-3-15)26-10-11-31-14-32(26,28)29/h2-9,12-13H,10-11,14H2,1H3,(H,25,27). The van der Waals surface area contributed by atoms with E-state index in [2.05, 4.69) is 10.3 Å². The first-order chi connectivity index (χ1) is 15.4. The van der Waals surface area contributed by atoms with Crippen LogP contribution in [0.2, 0.25) is 5.02 Å². The molecular weight excluding hydrogens is 454 g/mol. The smallest absolute Gasteiger partial charge is 0.259 e. The summed E-state index contributed by atoms with van der Waals surface area (Å²) in [4.78, 5) is 17.1. The van der Waals surface area contributed by atoms with Gasteiger partial charge in [0.2, 0.25) is 0 Å². The van der Waals surface area contributed by atoms with Gasteiger partial charge in [0.1, 0.15) is 5.75 Å². The predicted molar refractivity (Wildman–Crippen MR) is 123 cm³/mol. The normalized spacial score (nSPS) is 15.2. The van der Waals surface area contributed by atoms with Gasteiger partial charge in [-0.2, -0.15) is 0 Å². The molecule has 1 amide bonds. The number of benzene rings is 2. The van der Waals surface area contributed by atoms with E-state index in [1.54, 1.807) is 67.9 Å². The van der Waals surface area contributed by atoms with E-state index in [0.717, 1.165) is 0 Å². The maximum absolute atomic E-state index is 12.7. The number of halogens is 1. The Bertz CT molecular complexity index is 1230. The number of carbonyl (C=O) groups excluding carboxylic acids is 1. The molecule has 2 aromatic carbocycles. The molecule has 4 rings (SSSR count). The Balaban J connectivity index is 1.51. The Kier molecular flexibility index (Phi) is 6.31. The van der Waals surface area contributed by atoms with Crippen molar-refractivity contribution >= 4 is 38.9 Å². The predicted octanol–water partition coefficient (Wildman–Crippen LogP) is 3.79. The van der Waals surface area contributed by atoms with Gasteiger partial charge in [-0.15, -0.1) is 0 Å². The molecule has 0 spiro atoms. The second-order valence-corrected chi connectivity index (χ2v) is 9.24. The second kappa shape index (κ2) is 9.15. The summed E-state index contributed by atoms with van der Waals surface area (Å²) in [5.74, 6) is -0.0583. The molecule has 1 aliphatic heterocycles. The van der Waals surface area contributed by atoms with Gasteiger partial charge in [-0.3, -0.25) is 14.1 Å². The van der Waals surface area contributed by atoms with Gasteiger partial charge in [-0.25, -0.2) is 8.42 Å². The lowest BCUT2D eigenvalue weighted by molar-refractivity contribution is 0.102. The summed E-state index contributed by atoms with van der Waals surface area (Å²) in [6.45, 7) is 0.560. The van der Waals surface area contributed by atoms with E-state index in [9.17, 15) is 13.2 Å². The summed E-state index contributed by atoms with van der Waals surface area (Å²) >= 11 is 6.33. The number of sulfonamides is 1. The number of carbonyl (C=O) groups is 1. The lowest BCUT2D eigenvalue weighted by Gasteiger charge is -2.28. The van der Waals surface area contributed by atoms with Crippen molar-refractivity contribution in [2.75, 3.05) is 35.8 Å². The quantitative estimate of drug-likeness (QED) is 0.605. The first-order valence-electron chi connectivity index (χ1n) is 9.67. The van der Waals surface area contributed by atoms with Gasteiger partial charge in [0.05, 0.1) is 42.9 Å². The van der Waals surface area contributed by atoms with Gasteiger partial charge >= 0.3 is 0 Å². The topological polar surface area (TPSA) is 97.8 Å². The number of anilines is 2. The Morgan fingerprint density at radius 3 is 2.59 bits per heavy atom. The van der Waals surface area contributed by atoms with Crippen molar-refractivity contribution in [1.29, 1.82) is 0 Å². The van der Waals surface area contributed by atoms with Crippen molar-refractivity contribution < 1.29 is 22.7 Å². The van der Waals surface area contributed by atoms with E-state index >= 15 is 0 Å². The van der Waals surface area contributed by atoms with Crippen LogP contribution < -0.4 is 14.4 Å². The zero-order valence-electron chi connectivity index (χ0n) is 17.1. The van der Waals surface area contributed by atoms with Crippen LogP contribution in [-0.2, 0) is 14.8 Å². The number of hydrogen-bond acceptors (Lipinski definition) is 6. The largest absolute Gasteiger partial charge is 0.495 e. The monoisotopic (exact) mass is 473 g/mol. The average Bonchev–Trinajstić information content (AvgIpc) is 2.80. The van der Waals surface area contributed by atoms with Gasteiger partial charge < -0.3 is 14.8 Å². The zero-order valence-corrected chi connectivity index (χ0v) is 18.7. The van der Waals surface area contributed by atoms with Crippen LogP contribution in [0, 0.1) is 0 Å². The van der Waals surface area contributed by atoms with Gasteiger partial charge in [0.25, 0.3) is 15.9 Å². The van der Waals surface area contributed by atoms with Crippen LogP contribution in [0.5, 0.6) is 5.75 Å². The van der Waals surface area contributed by atoms with Crippen molar-refractivity contribution in [1.82, 2.24) is 4.98 Å². The number of ether oxygens (including phenoxy) is 2. The molecule has 0 aliphatic carbocycles. The van der Waals surface area contributed by atoms with Crippen LogP contribution in [0.15, 0.2) is 60.8 Å². The van der Waals surface area contributed by atoms with Gasteiger partial charge in [0, 0.05) is 16.8 Å². The first-order valence-corrected chi connectivity index (χ1v) is 11.7. The first kappa shape index (κ1) is 22.1. The number of methoxy groups -OCH3 is 1. The van der Waals surface area contributed by atoms with Crippen LogP contribution in [0.25, 0.3) is 11.3 Å². The summed E-state index contributed by atoms with van der Waals surface area (Å²) in [5, 5.41) is 3.33. The zero-order chi connectivity index (χ0) is 22.7. The van der Waals surface area contributed by atoms with Crippen molar-refractivity contribution in [2.24, 2.45) is 0 Å². The third-order valence-corrected chi connectivity index (χ3v) is 6.76. The number of aromatic nitrogens is 1. The van der Waals surface area contributed by atoms with Crippen molar-refractivity contribution in [3.05, 3.63) is 71.4 Å². The van der Waals surface area contributed by atoms with Gasteiger partial charge in [-0.1, -0.05) is 11.6 Å². The van der Waals surface area contributed by atoms with E-state index in [1.807, 2.05) is 0 Å². The number of amides is 1. The molecule has 1 N–H and O–H groups in total. The van der Waals surface area contributed by atoms with Crippen LogP contribution >= 0.6 is 11.6 Å². The number of rotatable bonds is 5. The molecule has 1 aliphatic rings. The Morgan fingerprint density at radius 2 is 1.94 bits per heavy atom. The van der Waals surface area contributed by atoms with Gasteiger partial charge in [-0.05, 0) is 54.6 Å². The lowest BCUT2D eigenvalue weighted by Crippen LogP contribution is -2.41. The van der Waals surface area contributed by atoms with Crippen LogP contribution in [0.4, 0.5) is 11.4 Å². The molecule has 166 valence electrons. The molecule has 0 bridgehead atoms. The molecule has 1 fully saturated rings. The summed E-state index contributed by atoms with van der Waals surface area (Å²) in [7, 11) is -1.95. The summed E-state index contributed by atoms with van der Waals surface area (Å²) in [5.41, 5.74) is 2.73. The Morgan fingerprint density at radius 1 is 1.16 bits per heavy atom. The van der Waals surface area contributed by atoms with E-state index in [1.165, 1.54) is 4.31 Å². The highest BCUT2D eigenvalue weighted by atomic mass is 35.5. The number of pyridine rings is 1. The Hall–Kier alpha value is -3.14. The molecule has 10 heteroatoms. The lowest BCUT2D eigenvalue weighted by atomic mass is 10.1. The highest BCUT2D eigenvalue weighted by Crippen LogP contribution is 2.30. The fourth-order valence-electron chi connectivity index (χ4n) is 3.25. The van der Waals surface area contributed by atoms with E-state index < -0.39 is 10.0 Å². The summed E-state index contributed by atoms with van der Waals surface area (Å²) in [6.07, 6.45) is 1.59. The summed E-state index contributed by atoms with van der Waals surface area (Å²) < 4.78 is 35.7. The molecule has 0 atom stereocenters. The van der Waals surface area contributed by atoms with Crippen LogP contribution in [-0.4, -0.2) is 45.5 Å². The minimum atomic E-state index is -3.51. The fourth-order valence-corrected chi connectivity index (χ4v) is 4.71. The molecule has 32 heavy (non-hydrogen) atoms. The maximum atomic E-state index is 12.7. The molecule has 3 aromatic rings. The Labute approximate surface area is 190 Å². The minimum absolute atomic E-state index is 0.237. The molecule has 2 heterocycles. The van der Waals surface area contributed by atoms with E-state index in [-0.39, 0.29) is 18.4 Å². The highest BCUT2D eigenvalue weighted by molar-refractivity contribution is 7.92. The SMILES string of the molecule is COc1ccc(-c2cc(NC(=O)c3ccc(N4CCOCS4(=O)=O)cc3)ccc2Cl)nc1. The average molecular weight is 474 g/mol. The van der Waals surface area contributed by atoms with Crippen molar-refractivity contribution in [2.45, 2.75) is 0 Å². The third-order valence-electron chi connectivity index (χ3n) is 4.90. The molecule has 8 nitrogen and oxygen atoms in total. The fraction of sp³-hybridized carbons (Fsp3) is 0.182. The van der Waals surface area contributed by atoms with Crippen LogP contribution in [0.3, 0.4) is 0 Å². The van der Waals surface area contributed by atoms with E-state index in [0.29, 0.717) is 45.6 Å². The number of hydrogen-bond donors (Lipinski definition) is 1. The second-order valence-electron chi connectivity index (χ2n) is 6.99. The minimum Gasteiger partial charge on any atom is -0.495 e. The summed E-state index contributed by atoms with van der Waals surface area (Å²) in [6, 6.07) is 15.0. The number of nitrogens with one attached hydrogen (secondary N) is 1. The molecular formula is C22H20ClN3O5S. The van der Waals surface area contributed by atoms with E-state index in [4.69, 9.17) is 21.1 Å². The molecule has 1 saturated heterocycles. The molecule has 0 saturated carbocycles. The van der Waals surface area contributed by atoms with Crippen molar-refractivity contribution in [3.8, 4) is 17.0 Å². The maximum Gasteiger partial charge on any atom is 0.259 e. The third kappa shape index (κ3) is 4.69. The highest BCUT2D eigenvalue weighted by Gasteiger charge is 2.26. The molecule has 0 radical (unpaired) electrons. The van der Waals surface area contributed by atoms with Crippen LogP contribution in [0.1, 0.15) is 10.4 Å². The van der Waals surface area contributed by atoms with Gasteiger partial charge in [0.15, 0.2) is 5.94 Å².